The van der Waals surface area contributed by atoms with E-state index in [0.29, 0.717) is 6.42 Å². The average molecular weight is 415 g/mol. The zero-order chi connectivity index (χ0) is 14.6. The molecule has 1 nitrogen and oxygen atoms in total. The minimum absolute atomic E-state index is 0.0266. The summed E-state index contributed by atoms with van der Waals surface area (Å²) in [5.74, 6) is 0. The maximum atomic E-state index is 10.2. The van der Waals surface area contributed by atoms with Gasteiger partial charge in [-0.1, -0.05) is 57.9 Å². The first-order valence-corrected chi connectivity index (χ1v) is 9.09. The van der Waals surface area contributed by atoms with E-state index in [1.165, 1.54) is 5.57 Å². The Morgan fingerprint density at radius 2 is 1.84 bits per heavy atom. The third-order valence-corrected chi connectivity index (χ3v) is 9.42. The van der Waals surface area contributed by atoms with E-state index in [0.717, 1.165) is 19.3 Å². The number of aliphatic hydroxyl groups excluding tert-OH is 1. The molecular weight excluding hydrogens is 391 g/mol. The predicted molar refractivity (Wildman–Crippen MR) is 89.5 cm³/mol. The predicted octanol–water partition coefficient (Wildman–Crippen LogP) is 5.03. The van der Waals surface area contributed by atoms with Gasteiger partial charge in [0.25, 0.3) is 0 Å². The molecule has 0 aliphatic heterocycles. The van der Waals surface area contributed by atoms with E-state index in [1.807, 2.05) is 0 Å². The second-order valence-electron chi connectivity index (χ2n) is 7.03. The SMILES string of the molecule is C=C1C[C@H](O)[C@H](Br)C(C)(C)C12CCC(C)(Cl)C(Br)C2. The third kappa shape index (κ3) is 2.37. The maximum absolute atomic E-state index is 10.2. The van der Waals surface area contributed by atoms with Crippen LogP contribution < -0.4 is 0 Å². The fourth-order valence-corrected chi connectivity index (χ4v) is 5.47. The van der Waals surface area contributed by atoms with Crippen LogP contribution in [0, 0.1) is 10.8 Å². The van der Waals surface area contributed by atoms with Crippen LogP contribution >= 0.6 is 43.5 Å². The van der Waals surface area contributed by atoms with Crippen molar-refractivity contribution in [3.8, 4) is 0 Å². The van der Waals surface area contributed by atoms with Crippen molar-refractivity contribution in [3.05, 3.63) is 12.2 Å². The van der Waals surface area contributed by atoms with Crippen molar-refractivity contribution in [2.24, 2.45) is 10.8 Å². The monoisotopic (exact) mass is 412 g/mol. The Bertz CT molecular complexity index is 394. The van der Waals surface area contributed by atoms with Gasteiger partial charge in [-0.25, -0.2) is 0 Å². The summed E-state index contributed by atoms with van der Waals surface area (Å²) >= 11 is 14.1. The number of alkyl halides is 3. The number of rotatable bonds is 0. The van der Waals surface area contributed by atoms with Gasteiger partial charge in [-0.3, -0.25) is 0 Å². The Morgan fingerprint density at radius 3 is 2.37 bits per heavy atom. The first kappa shape index (κ1) is 16.3. The quantitative estimate of drug-likeness (QED) is 0.435. The van der Waals surface area contributed by atoms with E-state index >= 15 is 0 Å². The number of aliphatic hydroxyl groups is 1. The number of hydrogen-bond acceptors (Lipinski definition) is 1. The summed E-state index contributed by atoms with van der Waals surface area (Å²) in [6.45, 7) is 10.9. The lowest BCUT2D eigenvalue weighted by molar-refractivity contribution is -0.0173. The molecule has 2 aliphatic carbocycles. The molecule has 1 N–H and O–H groups in total. The standard InChI is InChI=1S/C15H23Br2ClO/c1-9-7-10(19)12(17)13(2,3)15(9)6-5-14(4,18)11(16)8-15/h10-12,19H,1,5-8H2,2-4H3/t10-,11?,12-,14?,15?/m0/s1. The fourth-order valence-electron chi connectivity index (χ4n) is 3.89. The van der Waals surface area contributed by atoms with E-state index in [2.05, 4.69) is 59.2 Å². The van der Waals surface area contributed by atoms with Gasteiger partial charge in [-0.15, -0.1) is 11.6 Å². The first-order valence-electron chi connectivity index (χ1n) is 6.88. The molecule has 110 valence electrons. The van der Waals surface area contributed by atoms with E-state index in [9.17, 15) is 5.11 Å². The summed E-state index contributed by atoms with van der Waals surface area (Å²) in [5.41, 5.74) is 1.22. The molecule has 0 amide bonds. The van der Waals surface area contributed by atoms with Crippen LogP contribution in [0.4, 0.5) is 0 Å². The molecule has 0 aromatic carbocycles. The third-order valence-electron chi connectivity index (χ3n) is 5.61. The molecule has 0 aromatic heterocycles. The van der Waals surface area contributed by atoms with Crippen LogP contribution in [0.3, 0.4) is 0 Å². The van der Waals surface area contributed by atoms with Gasteiger partial charge in [0.05, 0.1) is 11.0 Å². The molecule has 5 atom stereocenters. The van der Waals surface area contributed by atoms with Crippen LogP contribution in [0.15, 0.2) is 12.2 Å². The molecule has 0 bridgehead atoms. The molecule has 0 radical (unpaired) electrons. The summed E-state index contributed by atoms with van der Waals surface area (Å²) in [6, 6.07) is 0. The summed E-state index contributed by atoms with van der Waals surface area (Å²) < 4.78 is 0. The number of hydrogen-bond donors (Lipinski definition) is 1. The second kappa shape index (κ2) is 5.00. The van der Waals surface area contributed by atoms with Gasteiger partial charge in [0.1, 0.15) is 0 Å². The van der Waals surface area contributed by atoms with Gasteiger partial charge in [0, 0.05) is 9.65 Å². The lowest BCUT2D eigenvalue weighted by Gasteiger charge is -2.60. The normalized spacial score (nSPS) is 50.5. The summed E-state index contributed by atoms with van der Waals surface area (Å²) in [7, 11) is 0. The highest BCUT2D eigenvalue weighted by Crippen LogP contribution is 2.64. The van der Waals surface area contributed by atoms with Crippen molar-refractivity contribution >= 4 is 43.5 Å². The van der Waals surface area contributed by atoms with Gasteiger partial charge >= 0.3 is 0 Å². The van der Waals surface area contributed by atoms with Gasteiger partial charge in [0.2, 0.25) is 0 Å². The summed E-state index contributed by atoms with van der Waals surface area (Å²) in [6.07, 6.45) is 3.37. The van der Waals surface area contributed by atoms with Crippen molar-refractivity contribution < 1.29 is 5.11 Å². The highest BCUT2D eigenvalue weighted by Gasteiger charge is 2.59. The summed E-state index contributed by atoms with van der Waals surface area (Å²) in [4.78, 5) is 0.200. The van der Waals surface area contributed by atoms with Crippen LogP contribution in [0.1, 0.15) is 46.5 Å². The van der Waals surface area contributed by atoms with E-state index in [4.69, 9.17) is 11.6 Å². The Kier molecular flexibility index (Phi) is 4.29. The first-order chi connectivity index (χ1) is 8.54. The Hall–Kier alpha value is 0.950. The Morgan fingerprint density at radius 1 is 1.26 bits per heavy atom. The fraction of sp³-hybridized carbons (Fsp3) is 0.867. The zero-order valence-electron chi connectivity index (χ0n) is 11.8. The molecule has 3 unspecified atom stereocenters. The van der Waals surface area contributed by atoms with Crippen molar-refractivity contribution in [2.75, 3.05) is 0 Å². The van der Waals surface area contributed by atoms with Crippen molar-refractivity contribution in [1.29, 1.82) is 0 Å². The molecule has 2 rings (SSSR count). The smallest absolute Gasteiger partial charge is 0.0707 e. The molecule has 2 fully saturated rings. The molecule has 19 heavy (non-hydrogen) atoms. The molecule has 2 saturated carbocycles. The van der Waals surface area contributed by atoms with Crippen LogP contribution in [0.5, 0.6) is 0 Å². The van der Waals surface area contributed by atoms with Crippen LogP contribution in [0.2, 0.25) is 0 Å². The van der Waals surface area contributed by atoms with Crippen molar-refractivity contribution in [2.45, 2.75) is 67.1 Å². The minimum Gasteiger partial charge on any atom is -0.392 e. The Labute approximate surface area is 138 Å². The van der Waals surface area contributed by atoms with E-state index in [-0.39, 0.29) is 31.5 Å². The highest BCUT2D eigenvalue weighted by atomic mass is 79.9. The van der Waals surface area contributed by atoms with Crippen LogP contribution in [-0.2, 0) is 0 Å². The molecule has 0 aromatic rings. The van der Waals surface area contributed by atoms with E-state index < -0.39 is 0 Å². The largest absolute Gasteiger partial charge is 0.392 e. The molecule has 1 spiro atoms. The molecule has 0 heterocycles. The lowest BCUT2D eigenvalue weighted by atomic mass is 9.49. The van der Waals surface area contributed by atoms with Crippen LogP contribution in [0.25, 0.3) is 0 Å². The molecule has 4 heteroatoms. The average Bonchev–Trinajstić information content (AvgIpc) is 2.29. The topological polar surface area (TPSA) is 20.2 Å². The lowest BCUT2D eigenvalue weighted by Crippen LogP contribution is -2.58. The molecule has 0 saturated heterocycles. The second-order valence-corrected chi connectivity index (χ2v) is 9.99. The van der Waals surface area contributed by atoms with Gasteiger partial charge in [0.15, 0.2) is 0 Å². The van der Waals surface area contributed by atoms with Gasteiger partial charge in [-0.2, -0.15) is 0 Å². The minimum atomic E-state index is -0.341. The summed E-state index contributed by atoms with van der Waals surface area (Å²) in [5, 5.41) is 10.2. The Balaban J connectivity index is 2.39. The van der Waals surface area contributed by atoms with Gasteiger partial charge < -0.3 is 5.11 Å². The molecule has 2 aliphatic rings. The van der Waals surface area contributed by atoms with Crippen molar-refractivity contribution in [3.63, 3.8) is 0 Å². The molecular formula is C15H23Br2ClO. The maximum Gasteiger partial charge on any atom is 0.0707 e. The van der Waals surface area contributed by atoms with E-state index in [1.54, 1.807) is 0 Å². The van der Waals surface area contributed by atoms with Crippen LogP contribution in [-0.4, -0.2) is 25.7 Å². The zero-order valence-corrected chi connectivity index (χ0v) is 15.8. The van der Waals surface area contributed by atoms with Crippen molar-refractivity contribution in [1.82, 2.24) is 0 Å². The number of halogens is 3. The highest BCUT2D eigenvalue weighted by molar-refractivity contribution is 9.09. The van der Waals surface area contributed by atoms with Gasteiger partial charge in [-0.05, 0) is 43.4 Å².